The van der Waals surface area contributed by atoms with Crippen LogP contribution in [0.15, 0.2) is 84.1 Å². The van der Waals surface area contributed by atoms with Crippen LogP contribution in [0, 0.1) is 17.3 Å². The molecule has 2 aliphatic rings. The Balaban J connectivity index is 1.69. The summed E-state index contributed by atoms with van der Waals surface area (Å²) in [6.07, 6.45) is 8.40. The summed E-state index contributed by atoms with van der Waals surface area (Å²) in [7, 11) is 1.68. The third kappa shape index (κ3) is 5.10. The normalized spacial score (nSPS) is 26.9. The van der Waals surface area contributed by atoms with E-state index in [1.807, 2.05) is 24.3 Å². The molecule has 3 heteroatoms. The number of ether oxygens (including phenoxy) is 2. The average molecular weight is 473 g/mol. The van der Waals surface area contributed by atoms with Gasteiger partial charge in [-0.15, -0.1) is 0 Å². The van der Waals surface area contributed by atoms with Gasteiger partial charge in [0, 0.05) is 5.92 Å². The van der Waals surface area contributed by atoms with Crippen molar-refractivity contribution in [2.24, 2.45) is 17.3 Å². The van der Waals surface area contributed by atoms with E-state index in [4.69, 9.17) is 9.47 Å². The van der Waals surface area contributed by atoms with Crippen LogP contribution >= 0.6 is 0 Å². The van der Waals surface area contributed by atoms with Crippen molar-refractivity contribution in [2.75, 3.05) is 7.11 Å². The Morgan fingerprint density at radius 1 is 1.03 bits per heavy atom. The van der Waals surface area contributed by atoms with Gasteiger partial charge in [-0.05, 0) is 60.6 Å². The summed E-state index contributed by atoms with van der Waals surface area (Å²) in [5, 5.41) is 0. The van der Waals surface area contributed by atoms with Gasteiger partial charge in [-0.3, -0.25) is 4.79 Å². The molecule has 1 fully saturated rings. The van der Waals surface area contributed by atoms with Gasteiger partial charge < -0.3 is 9.47 Å². The van der Waals surface area contributed by atoms with Crippen LogP contribution in [0.4, 0.5) is 0 Å². The van der Waals surface area contributed by atoms with Gasteiger partial charge in [0.2, 0.25) is 0 Å². The zero-order chi connectivity index (χ0) is 25.1. The SMILES string of the molecule is COC1=C(C)CC=CC1(Cc1ccccc1)C(=O)O[C@@H]1C[C@H](C)CC[C@H]1C(C)(C)c1ccccc1. The molecule has 0 aliphatic heterocycles. The predicted octanol–water partition coefficient (Wildman–Crippen LogP) is 7.42. The number of esters is 1. The van der Waals surface area contributed by atoms with Gasteiger partial charge in [0.05, 0.1) is 7.11 Å². The van der Waals surface area contributed by atoms with Gasteiger partial charge in [0.25, 0.3) is 0 Å². The Morgan fingerprint density at radius 3 is 2.34 bits per heavy atom. The highest BCUT2D eigenvalue weighted by Gasteiger charge is 2.49. The van der Waals surface area contributed by atoms with Crippen LogP contribution in [0.1, 0.15) is 64.5 Å². The minimum absolute atomic E-state index is 0.100. The monoisotopic (exact) mass is 472 g/mol. The maximum atomic E-state index is 14.2. The van der Waals surface area contributed by atoms with E-state index >= 15 is 0 Å². The lowest BCUT2D eigenvalue weighted by Gasteiger charge is -2.45. The molecule has 4 rings (SSSR count). The molecule has 0 N–H and O–H groups in total. The van der Waals surface area contributed by atoms with Gasteiger partial charge in [-0.25, -0.2) is 0 Å². The van der Waals surface area contributed by atoms with Crippen LogP contribution in [0.5, 0.6) is 0 Å². The first-order valence-corrected chi connectivity index (χ1v) is 13.0. The topological polar surface area (TPSA) is 35.5 Å². The first kappa shape index (κ1) is 25.3. The molecular weight excluding hydrogens is 432 g/mol. The predicted molar refractivity (Wildman–Crippen MR) is 142 cm³/mol. The van der Waals surface area contributed by atoms with Crippen LogP contribution in [0.2, 0.25) is 0 Å². The summed E-state index contributed by atoms with van der Waals surface area (Å²) in [6, 6.07) is 20.9. The number of methoxy groups -OCH3 is 1. The maximum Gasteiger partial charge on any atom is 0.324 e. The molecule has 3 nitrogen and oxygen atoms in total. The lowest BCUT2D eigenvalue weighted by Crippen LogP contribution is -2.47. The largest absolute Gasteiger partial charge is 0.500 e. The van der Waals surface area contributed by atoms with Gasteiger partial charge in [-0.1, -0.05) is 100 Å². The fraction of sp³-hybridized carbons (Fsp3) is 0.469. The zero-order valence-corrected chi connectivity index (χ0v) is 21.9. The Kier molecular flexibility index (Phi) is 7.54. The van der Waals surface area contributed by atoms with Crippen molar-refractivity contribution in [1.82, 2.24) is 0 Å². The smallest absolute Gasteiger partial charge is 0.324 e. The summed E-state index contributed by atoms with van der Waals surface area (Å²) in [6.45, 7) is 8.93. The second kappa shape index (κ2) is 10.4. The lowest BCUT2D eigenvalue weighted by molar-refractivity contribution is -0.166. The molecular formula is C32H40O3. The number of carbonyl (C=O) groups is 1. The van der Waals surface area contributed by atoms with Crippen molar-refractivity contribution >= 4 is 5.97 Å². The third-order valence-corrected chi connectivity index (χ3v) is 8.27. The zero-order valence-electron chi connectivity index (χ0n) is 21.9. The molecule has 2 aromatic rings. The van der Waals surface area contributed by atoms with E-state index in [0.717, 1.165) is 42.6 Å². The summed E-state index contributed by atoms with van der Waals surface area (Å²) in [4.78, 5) is 14.2. The van der Waals surface area contributed by atoms with E-state index in [1.54, 1.807) is 7.11 Å². The molecule has 35 heavy (non-hydrogen) atoms. The van der Waals surface area contributed by atoms with E-state index < -0.39 is 5.41 Å². The van der Waals surface area contributed by atoms with Crippen LogP contribution in [-0.2, 0) is 26.1 Å². The van der Waals surface area contributed by atoms with Gasteiger partial charge in [0.1, 0.15) is 17.3 Å². The summed E-state index contributed by atoms with van der Waals surface area (Å²) < 4.78 is 12.5. The molecule has 1 saturated carbocycles. The standard InChI is InChI=1S/C32H40O3/c1-23-18-19-27(31(3,4)26-16-10-7-11-17-26)28(21-23)35-30(33)32(22-25-14-8-6-9-15-25)20-12-13-24(2)29(32)34-5/h6-12,14-17,20,23,27-28H,13,18-19,21-22H2,1-5H3/t23-,27-,28-,32?/m1/s1. The number of hydrogen-bond acceptors (Lipinski definition) is 3. The number of hydrogen-bond donors (Lipinski definition) is 0. The summed E-state index contributed by atoms with van der Waals surface area (Å²) in [5.41, 5.74) is 2.43. The average Bonchev–Trinajstić information content (AvgIpc) is 2.85. The van der Waals surface area contributed by atoms with Gasteiger partial charge in [-0.2, -0.15) is 0 Å². The maximum absolute atomic E-state index is 14.2. The van der Waals surface area contributed by atoms with Crippen molar-refractivity contribution in [3.05, 3.63) is 95.3 Å². The molecule has 2 aliphatic carbocycles. The lowest BCUT2D eigenvalue weighted by atomic mass is 9.64. The van der Waals surface area contributed by atoms with Crippen LogP contribution in [0.25, 0.3) is 0 Å². The number of rotatable bonds is 7. The third-order valence-electron chi connectivity index (χ3n) is 8.27. The highest BCUT2D eigenvalue weighted by Crippen LogP contribution is 2.46. The minimum atomic E-state index is -0.944. The second-order valence-corrected chi connectivity index (χ2v) is 11.1. The molecule has 0 heterocycles. The number of benzene rings is 2. The van der Waals surface area contributed by atoms with E-state index in [1.165, 1.54) is 5.56 Å². The molecule has 4 atom stereocenters. The van der Waals surface area contributed by atoms with Crippen LogP contribution in [0.3, 0.4) is 0 Å². The highest BCUT2D eigenvalue weighted by atomic mass is 16.5. The number of carbonyl (C=O) groups excluding carboxylic acids is 1. The summed E-state index contributed by atoms with van der Waals surface area (Å²) >= 11 is 0. The molecule has 0 amide bonds. The Labute approximate surface area is 211 Å². The minimum Gasteiger partial charge on any atom is -0.500 e. The Bertz CT molecular complexity index is 1070. The Hall–Kier alpha value is -2.81. The molecule has 0 saturated heterocycles. The Morgan fingerprint density at radius 2 is 1.69 bits per heavy atom. The first-order chi connectivity index (χ1) is 16.8. The molecule has 186 valence electrons. The van der Waals surface area contributed by atoms with Crippen molar-refractivity contribution in [3.63, 3.8) is 0 Å². The van der Waals surface area contributed by atoms with Gasteiger partial charge in [0.15, 0.2) is 0 Å². The van der Waals surface area contributed by atoms with E-state index in [2.05, 4.69) is 76.2 Å². The van der Waals surface area contributed by atoms with E-state index in [9.17, 15) is 4.79 Å². The van der Waals surface area contributed by atoms with Crippen molar-refractivity contribution < 1.29 is 14.3 Å². The van der Waals surface area contributed by atoms with Crippen LogP contribution in [-0.4, -0.2) is 19.2 Å². The van der Waals surface area contributed by atoms with Crippen molar-refractivity contribution in [3.8, 4) is 0 Å². The quantitative estimate of drug-likeness (QED) is 0.311. The molecule has 0 spiro atoms. The fourth-order valence-electron chi connectivity index (χ4n) is 6.24. The second-order valence-electron chi connectivity index (χ2n) is 11.1. The molecule has 0 aromatic heterocycles. The highest BCUT2D eigenvalue weighted by molar-refractivity contribution is 5.84. The van der Waals surface area contributed by atoms with Gasteiger partial charge >= 0.3 is 5.97 Å². The summed E-state index contributed by atoms with van der Waals surface area (Å²) in [5.74, 6) is 1.32. The molecule has 0 radical (unpaired) electrons. The molecule has 1 unspecified atom stereocenters. The van der Waals surface area contributed by atoms with E-state index in [0.29, 0.717) is 12.3 Å². The molecule has 0 bridgehead atoms. The van der Waals surface area contributed by atoms with E-state index in [-0.39, 0.29) is 23.4 Å². The van der Waals surface area contributed by atoms with Crippen molar-refractivity contribution in [1.29, 1.82) is 0 Å². The number of allylic oxidation sites excluding steroid dienone is 2. The first-order valence-electron chi connectivity index (χ1n) is 13.0. The molecule has 2 aromatic carbocycles. The fourth-order valence-corrected chi connectivity index (χ4v) is 6.24. The van der Waals surface area contributed by atoms with Crippen molar-refractivity contribution in [2.45, 2.75) is 71.3 Å². The van der Waals surface area contributed by atoms with Crippen LogP contribution < -0.4 is 0 Å².